The second-order valence-corrected chi connectivity index (χ2v) is 4.86. The van der Waals surface area contributed by atoms with Gasteiger partial charge in [0, 0.05) is 6.54 Å². The molecule has 0 fully saturated rings. The number of carbonyl (C=O) groups is 2. The molecule has 110 valence electrons. The zero-order valence-corrected chi connectivity index (χ0v) is 13.1. The highest BCUT2D eigenvalue weighted by atomic mass is 35.5. The minimum absolute atomic E-state index is 0.0946. The largest absolute Gasteiger partial charge is 0.465 e. The summed E-state index contributed by atoms with van der Waals surface area (Å²) in [4.78, 5) is 33.2. The maximum absolute atomic E-state index is 12.3. The van der Waals surface area contributed by atoms with Crippen LogP contribution in [0.15, 0.2) is 11.4 Å². The topological polar surface area (TPSA) is 72.4 Å². The first-order valence-electron chi connectivity index (χ1n) is 6.04. The first-order chi connectivity index (χ1) is 9.53. The van der Waals surface area contributed by atoms with Crippen molar-refractivity contribution in [3.8, 4) is 0 Å². The Hall–Kier alpha value is -1.34. The zero-order valence-electron chi connectivity index (χ0n) is 11.6. The number of carbonyl (C=O) groups excluding carboxylic acids is 2. The maximum Gasteiger partial charge on any atom is 0.325 e. The van der Waals surface area contributed by atoms with Crippen molar-refractivity contribution in [3.63, 3.8) is 0 Å². The Morgan fingerprint density at radius 2 is 2.15 bits per heavy atom. The molecule has 0 bridgehead atoms. The van der Waals surface area contributed by atoms with Crippen LogP contribution >= 0.6 is 23.4 Å². The molecular weight excluding hydrogens is 302 g/mol. The van der Waals surface area contributed by atoms with Crippen molar-refractivity contribution in [2.75, 3.05) is 26.0 Å². The number of likely N-dealkylation sites (N-methyl/N-ethyl adjacent to an activating group) is 1. The average Bonchev–Trinajstić information content (AvgIpc) is 2.45. The van der Waals surface area contributed by atoms with Gasteiger partial charge in [0.1, 0.15) is 6.54 Å². The maximum atomic E-state index is 12.3. The Morgan fingerprint density at radius 3 is 2.70 bits per heavy atom. The third-order valence-corrected chi connectivity index (χ3v) is 3.24. The van der Waals surface area contributed by atoms with Gasteiger partial charge in [-0.1, -0.05) is 23.4 Å². The van der Waals surface area contributed by atoms with Gasteiger partial charge in [-0.3, -0.25) is 9.59 Å². The van der Waals surface area contributed by atoms with Crippen LogP contribution in [-0.4, -0.2) is 52.7 Å². The molecule has 0 N–H and O–H groups in total. The monoisotopic (exact) mass is 317 g/mol. The van der Waals surface area contributed by atoms with E-state index in [-0.39, 0.29) is 23.9 Å². The molecule has 1 heterocycles. The minimum atomic E-state index is -0.460. The van der Waals surface area contributed by atoms with Gasteiger partial charge in [0.15, 0.2) is 10.9 Å². The van der Waals surface area contributed by atoms with Gasteiger partial charge < -0.3 is 9.64 Å². The van der Waals surface area contributed by atoms with Crippen LogP contribution in [0, 0.1) is 0 Å². The molecule has 0 aromatic carbocycles. The van der Waals surface area contributed by atoms with Crippen LogP contribution in [0.2, 0.25) is 5.02 Å². The molecule has 20 heavy (non-hydrogen) atoms. The zero-order chi connectivity index (χ0) is 15.1. The van der Waals surface area contributed by atoms with Crippen LogP contribution in [0.1, 0.15) is 24.3 Å². The minimum Gasteiger partial charge on any atom is -0.465 e. The number of esters is 1. The number of nitrogens with zero attached hydrogens (tertiary/aromatic N) is 3. The van der Waals surface area contributed by atoms with E-state index in [0.717, 1.165) is 0 Å². The third-order valence-electron chi connectivity index (χ3n) is 2.40. The van der Waals surface area contributed by atoms with Crippen LogP contribution in [0.3, 0.4) is 0 Å². The van der Waals surface area contributed by atoms with Gasteiger partial charge in [0.05, 0.1) is 17.8 Å². The van der Waals surface area contributed by atoms with Gasteiger partial charge in [-0.05, 0) is 20.1 Å². The van der Waals surface area contributed by atoms with Crippen molar-refractivity contribution in [3.05, 3.63) is 16.9 Å². The van der Waals surface area contributed by atoms with Gasteiger partial charge in [-0.2, -0.15) is 0 Å². The molecule has 0 aliphatic rings. The predicted octanol–water partition coefficient (Wildman–Crippen LogP) is 1.88. The molecule has 0 saturated carbocycles. The molecule has 0 unspecified atom stereocenters. The standard InChI is InChI=1S/C12H16ClN3O3S/c1-4-16(7-9(17)19-5-2)11(18)10-8(13)6-14-12(15-10)20-3/h6H,4-5,7H2,1-3H3. The molecule has 1 amide bonds. The average molecular weight is 318 g/mol. The lowest BCUT2D eigenvalue weighted by atomic mass is 10.3. The van der Waals surface area contributed by atoms with Crippen molar-refractivity contribution in [1.82, 2.24) is 14.9 Å². The Morgan fingerprint density at radius 1 is 1.45 bits per heavy atom. The van der Waals surface area contributed by atoms with Crippen molar-refractivity contribution < 1.29 is 14.3 Å². The second kappa shape index (κ2) is 8.06. The van der Waals surface area contributed by atoms with E-state index in [9.17, 15) is 9.59 Å². The van der Waals surface area contributed by atoms with E-state index < -0.39 is 11.9 Å². The van der Waals surface area contributed by atoms with Crippen molar-refractivity contribution in [1.29, 1.82) is 0 Å². The summed E-state index contributed by atoms with van der Waals surface area (Å²) in [5, 5.41) is 0.611. The van der Waals surface area contributed by atoms with Crippen LogP contribution in [0.25, 0.3) is 0 Å². The number of amides is 1. The fraction of sp³-hybridized carbons (Fsp3) is 0.500. The summed E-state index contributed by atoms with van der Waals surface area (Å²) in [6.45, 7) is 3.98. The van der Waals surface area contributed by atoms with Gasteiger partial charge in [-0.15, -0.1) is 0 Å². The lowest BCUT2D eigenvalue weighted by Crippen LogP contribution is -2.37. The summed E-state index contributed by atoms with van der Waals surface area (Å²) in [6.07, 6.45) is 3.18. The molecular formula is C12H16ClN3O3S. The van der Waals surface area contributed by atoms with E-state index in [1.165, 1.54) is 22.9 Å². The Labute approximate surface area is 126 Å². The normalized spacial score (nSPS) is 10.2. The van der Waals surface area contributed by atoms with Crippen molar-refractivity contribution in [2.24, 2.45) is 0 Å². The number of hydrogen-bond acceptors (Lipinski definition) is 6. The summed E-state index contributed by atoms with van der Waals surface area (Å²) >= 11 is 7.26. The first kappa shape index (κ1) is 16.7. The second-order valence-electron chi connectivity index (χ2n) is 3.68. The van der Waals surface area contributed by atoms with E-state index >= 15 is 0 Å². The van der Waals surface area contributed by atoms with Crippen LogP contribution in [0.4, 0.5) is 0 Å². The molecule has 0 spiro atoms. The molecule has 0 atom stereocenters. The highest BCUT2D eigenvalue weighted by Crippen LogP contribution is 2.18. The summed E-state index contributed by atoms with van der Waals surface area (Å²) in [7, 11) is 0. The molecule has 1 aromatic heterocycles. The molecule has 0 radical (unpaired) electrons. The van der Waals surface area contributed by atoms with Crippen molar-refractivity contribution >= 4 is 35.2 Å². The number of thioether (sulfide) groups is 1. The fourth-order valence-corrected chi connectivity index (χ4v) is 1.95. The van der Waals surface area contributed by atoms with Crippen LogP contribution in [0.5, 0.6) is 0 Å². The highest BCUT2D eigenvalue weighted by Gasteiger charge is 2.22. The summed E-state index contributed by atoms with van der Waals surface area (Å²) in [5.41, 5.74) is 0.0946. The number of rotatable bonds is 6. The van der Waals surface area contributed by atoms with E-state index in [0.29, 0.717) is 11.7 Å². The highest BCUT2D eigenvalue weighted by molar-refractivity contribution is 7.98. The molecule has 1 rings (SSSR count). The van der Waals surface area contributed by atoms with Gasteiger partial charge >= 0.3 is 5.97 Å². The van der Waals surface area contributed by atoms with Gasteiger partial charge in [0.25, 0.3) is 5.91 Å². The quantitative estimate of drug-likeness (QED) is 0.453. The van der Waals surface area contributed by atoms with E-state index in [4.69, 9.17) is 16.3 Å². The van der Waals surface area contributed by atoms with Crippen LogP contribution in [-0.2, 0) is 9.53 Å². The number of aromatic nitrogens is 2. The first-order valence-corrected chi connectivity index (χ1v) is 7.65. The molecule has 6 nitrogen and oxygen atoms in total. The molecule has 1 aromatic rings. The lowest BCUT2D eigenvalue weighted by Gasteiger charge is -2.19. The smallest absolute Gasteiger partial charge is 0.325 e. The van der Waals surface area contributed by atoms with E-state index in [1.54, 1.807) is 20.1 Å². The fourth-order valence-electron chi connectivity index (χ4n) is 1.44. The number of ether oxygens (including phenoxy) is 1. The summed E-state index contributed by atoms with van der Waals surface area (Å²) in [5.74, 6) is -0.874. The molecule has 0 aliphatic heterocycles. The Balaban J connectivity index is 2.93. The third kappa shape index (κ3) is 4.35. The lowest BCUT2D eigenvalue weighted by molar-refractivity contribution is -0.143. The summed E-state index contributed by atoms with van der Waals surface area (Å²) in [6, 6.07) is 0. The summed E-state index contributed by atoms with van der Waals surface area (Å²) < 4.78 is 4.83. The molecule has 8 heteroatoms. The SMILES string of the molecule is CCOC(=O)CN(CC)C(=O)c1nc(SC)ncc1Cl. The van der Waals surface area contributed by atoms with Crippen molar-refractivity contribution in [2.45, 2.75) is 19.0 Å². The van der Waals surface area contributed by atoms with E-state index in [2.05, 4.69) is 9.97 Å². The van der Waals surface area contributed by atoms with E-state index in [1.807, 2.05) is 0 Å². The molecule has 0 saturated heterocycles. The number of hydrogen-bond donors (Lipinski definition) is 0. The Bertz CT molecular complexity index is 499. The van der Waals surface area contributed by atoms with Crippen LogP contribution < -0.4 is 0 Å². The van der Waals surface area contributed by atoms with Gasteiger partial charge in [-0.25, -0.2) is 9.97 Å². The molecule has 0 aliphatic carbocycles. The number of halogens is 1. The van der Waals surface area contributed by atoms with Gasteiger partial charge in [0.2, 0.25) is 0 Å². The predicted molar refractivity (Wildman–Crippen MR) is 77.0 cm³/mol. The Kier molecular flexibility index (Phi) is 6.74.